The molecule has 0 aromatic heterocycles. The third-order valence-electron chi connectivity index (χ3n) is 2.85. The van der Waals surface area contributed by atoms with Crippen molar-refractivity contribution in [2.24, 2.45) is 0 Å². The van der Waals surface area contributed by atoms with Gasteiger partial charge in [0.05, 0.1) is 14.2 Å². The zero-order valence-electron chi connectivity index (χ0n) is 11.1. The van der Waals surface area contributed by atoms with Crippen LogP contribution in [-0.4, -0.2) is 32.0 Å². The van der Waals surface area contributed by atoms with E-state index in [0.29, 0.717) is 18.0 Å². The fourth-order valence-corrected chi connectivity index (χ4v) is 1.66. The molecule has 0 aliphatic rings. The van der Waals surface area contributed by atoms with Crippen molar-refractivity contribution in [3.63, 3.8) is 0 Å². The maximum atomic E-state index is 10.5. The van der Waals surface area contributed by atoms with Crippen molar-refractivity contribution >= 4 is 6.09 Å². The Labute approximate surface area is 107 Å². The van der Waals surface area contributed by atoms with Crippen LogP contribution in [0.5, 0.6) is 11.5 Å². The van der Waals surface area contributed by atoms with Crippen molar-refractivity contribution in [2.45, 2.75) is 19.3 Å². The molecule has 0 atom stereocenters. The normalized spacial score (nSPS) is 10.9. The van der Waals surface area contributed by atoms with Gasteiger partial charge in [-0.2, -0.15) is 0 Å². The molecule has 1 aromatic rings. The van der Waals surface area contributed by atoms with Gasteiger partial charge in [-0.1, -0.05) is 19.9 Å². The third-order valence-corrected chi connectivity index (χ3v) is 2.85. The molecule has 1 amide bonds. The summed E-state index contributed by atoms with van der Waals surface area (Å²) in [6.45, 7) is 4.26. The van der Waals surface area contributed by atoms with Gasteiger partial charge in [-0.3, -0.25) is 0 Å². The van der Waals surface area contributed by atoms with Crippen LogP contribution < -0.4 is 14.8 Å². The Balaban J connectivity index is 2.97. The molecule has 0 spiro atoms. The van der Waals surface area contributed by atoms with E-state index in [1.165, 1.54) is 0 Å². The zero-order valence-corrected chi connectivity index (χ0v) is 11.1. The highest BCUT2D eigenvalue weighted by atomic mass is 16.5. The third kappa shape index (κ3) is 3.29. The van der Waals surface area contributed by atoms with E-state index in [9.17, 15) is 4.79 Å². The Morgan fingerprint density at radius 2 is 1.89 bits per heavy atom. The molecule has 5 heteroatoms. The van der Waals surface area contributed by atoms with E-state index in [2.05, 4.69) is 5.32 Å². The van der Waals surface area contributed by atoms with Crippen molar-refractivity contribution in [2.75, 3.05) is 20.8 Å². The first kappa shape index (κ1) is 14.2. The second kappa shape index (κ2) is 5.62. The number of hydrogen-bond acceptors (Lipinski definition) is 3. The van der Waals surface area contributed by atoms with Gasteiger partial charge >= 0.3 is 6.09 Å². The Kier molecular flexibility index (Phi) is 4.42. The van der Waals surface area contributed by atoms with Gasteiger partial charge in [0.15, 0.2) is 11.5 Å². The first-order valence-electron chi connectivity index (χ1n) is 5.60. The van der Waals surface area contributed by atoms with Crippen LogP contribution in [0.4, 0.5) is 4.79 Å². The molecule has 2 N–H and O–H groups in total. The first-order chi connectivity index (χ1) is 8.40. The van der Waals surface area contributed by atoms with E-state index >= 15 is 0 Å². The van der Waals surface area contributed by atoms with Crippen molar-refractivity contribution < 1.29 is 19.4 Å². The molecule has 1 aromatic carbocycles. The van der Waals surface area contributed by atoms with Crippen molar-refractivity contribution in [1.29, 1.82) is 0 Å². The lowest BCUT2D eigenvalue weighted by Gasteiger charge is -2.25. The van der Waals surface area contributed by atoms with Crippen molar-refractivity contribution in [1.82, 2.24) is 5.32 Å². The van der Waals surface area contributed by atoms with Crippen LogP contribution in [0.3, 0.4) is 0 Å². The molecule has 0 aliphatic heterocycles. The summed E-state index contributed by atoms with van der Waals surface area (Å²) in [5, 5.41) is 11.0. The molecule has 0 aliphatic carbocycles. The van der Waals surface area contributed by atoms with Crippen LogP contribution in [0.2, 0.25) is 0 Å². The summed E-state index contributed by atoms with van der Waals surface area (Å²) in [6, 6.07) is 5.59. The monoisotopic (exact) mass is 253 g/mol. The van der Waals surface area contributed by atoms with Gasteiger partial charge in [0, 0.05) is 12.0 Å². The molecule has 18 heavy (non-hydrogen) atoms. The van der Waals surface area contributed by atoms with Gasteiger partial charge in [-0.25, -0.2) is 4.79 Å². The quantitative estimate of drug-likeness (QED) is 0.844. The summed E-state index contributed by atoms with van der Waals surface area (Å²) < 4.78 is 10.4. The molecule has 100 valence electrons. The Morgan fingerprint density at radius 3 is 2.39 bits per heavy atom. The van der Waals surface area contributed by atoms with E-state index in [1.807, 2.05) is 32.0 Å². The Morgan fingerprint density at radius 1 is 1.28 bits per heavy atom. The molecule has 0 unspecified atom stereocenters. The predicted octanol–water partition coefficient (Wildman–Crippen LogP) is 2.25. The highest BCUT2D eigenvalue weighted by Gasteiger charge is 2.22. The maximum Gasteiger partial charge on any atom is 0.404 e. The predicted molar refractivity (Wildman–Crippen MR) is 68.6 cm³/mol. The molecule has 0 bridgehead atoms. The van der Waals surface area contributed by atoms with E-state index in [-0.39, 0.29) is 5.41 Å². The fraction of sp³-hybridized carbons (Fsp3) is 0.462. The van der Waals surface area contributed by atoms with Crippen LogP contribution in [-0.2, 0) is 5.41 Å². The van der Waals surface area contributed by atoms with Gasteiger partial charge < -0.3 is 19.9 Å². The minimum absolute atomic E-state index is 0.321. The minimum Gasteiger partial charge on any atom is -0.493 e. The van der Waals surface area contributed by atoms with Gasteiger partial charge in [-0.15, -0.1) is 0 Å². The van der Waals surface area contributed by atoms with Crippen LogP contribution in [0.1, 0.15) is 19.4 Å². The van der Waals surface area contributed by atoms with Gasteiger partial charge in [-0.05, 0) is 17.7 Å². The Hall–Kier alpha value is -1.91. The van der Waals surface area contributed by atoms with Gasteiger partial charge in [0.1, 0.15) is 0 Å². The fourth-order valence-electron chi connectivity index (χ4n) is 1.66. The summed E-state index contributed by atoms with van der Waals surface area (Å²) >= 11 is 0. The number of carboxylic acid groups (broad SMARTS) is 1. The number of ether oxygens (including phenoxy) is 2. The SMILES string of the molecule is COc1ccc(C(C)(C)CNC(=O)O)cc1OC. The number of methoxy groups -OCH3 is 2. The van der Waals surface area contributed by atoms with Crippen LogP contribution in [0.25, 0.3) is 0 Å². The smallest absolute Gasteiger partial charge is 0.404 e. The molecule has 0 heterocycles. The zero-order chi connectivity index (χ0) is 13.8. The summed E-state index contributed by atoms with van der Waals surface area (Å²) in [7, 11) is 3.15. The average Bonchev–Trinajstić information content (AvgIpc) is 2.35. The van der Waals surface area contributed by atoms with E-state index in [1.54, 1.807) is 14.2 Å². The largest absolute Gasteiger partial charge is 0.493 e. The lowest BCUT2D eigenvalue weighted by Crippen LogP contribution is -2.35. The van der Waals surface area contributed by atoms with Crippen molar-refractivity contribution in [3.8, 4) is 11.5 Å². The molecule has 0 fully saturated rings. The number of amides is 1. The molecular weight excluding hydrogens is 234 g/mol. The lowest BCUT2D eigenvalue weighted by molar-refractivity contribution is 0.192. The summed E-state index contributed by atoms with van der Waals surface area (Å²) in [5.74, 6) is 1.29. The van der Waals surface area contributed by atoms with Crippen LogP contribution in [0, 0.1) is 0 Å². The molecule has 0 radical (unpaired) electrons. The molecular formula is C13H19NO4. The van der Waals surface area contributed by atoms with Crippen LogP contribution in [0.15, 0.2) is 18.2 Å². The van der Waals surface area contributed by atoms with Crippen LogP contribution >= 0.6 is 0 Å². The topological polar surface area (TPSA) is 67.8 Å². The minimum atomic E-state index is -1.02. The number of benzene rings is 1. The molecule has 0 saturated heterocycles. The van der Waals surface area contributed by atoms with E-state index in [0.717, 1.165) is 5.56 Å². The summed E-state index contributed by atoms with van der Waals surface area (Å²) in [6.07, 6.45) is -1.02. The molecule has 5 nitrogen and oxygen atoms in total. The van der Waals surface area contributed by atoms with Gasteiger partial charge in [0.25, 0.3) is 0 Å². The number of carbonyl (C=O) groups is 1. The highest BCUT2D eigenvalue weighted by molar-refractivity contribution is 5.64. The summed E-state index contributed by atoms with van der Waals surface area (Å²) in [4.78, 5) is 10.5. The standard InChI is InChI=1S/C13H19NO4/c1-13(2,8-14-12(15)16)9-5-6-10(17-3)11(7-9)18-4/h5-7,14H,8H2,1-4H3,(H,15,16). The number of nitrogens with one attached hydrogen (secondary N) is 1. The van der Waals surface area contributed by atoms with Crippen molar-refractivity contribution in [3.05, 3.63) is 23.8 Å². The number of hydrogen-bond donors (Lipinski definition) is 2. The Bertz CT molecular complexity index is 429. The van der Waals surface area contributed by atoms with E-state index in [4.69, 9.17) is 14.6 Å². The van der Waals surface area contributed by atoms with Gasteiger partial charge in [0.2, 0.25) is 0 Å². The molecule has 0 saturated carbocycles. The second-order valence-electron chi connectivity index (χ2n) is 4.61. The van der Waals surface area contributed by atoms with E-state index < -0.39 is 6.09 Å². The average molecular weight is 253 g/mol. The highest BCUT2D eigenvalue weighted by Crippen LogP contribution is 2.32. The number of rotatable bonds is 5. The molecule has 1 rings (SSSR count). The lowest BCUT2D eigenvalue weighted by atomic mass is 9.84. The maximum absolute atomic E-state index is 10.5. The summed E-state index contributed by atoms with van der Waals surface area (Å²) in [5.41, 5.74) is 0.659. The first-order valence-corrected chi connectivity index (χ1v) is 5.60. The second-order valence-corrected chi connectivity index (χ2v) is 4.61.